The summed E-state index contributed by atoms with van der Waals surface area (Å²) in [5, 5.41) is 6.85. The molecule has 2 aliphatic rings. The van der Waals surface area contributed by atoms with Crippen LogP contribution in [-0.2, 0) is 9.47 Å². The Bertz CT molecular complexity index is 383. The molecular weight excluding hydrogens is 304 g/mol. The number of ether oxygens (including phenoxy) is 2. The Kier molecular flexibility index (Phi) is 8.29. The molecule has 1 atom stereocenters. The highest BCUT2D eigenvalue weighted by Crippen LogP contribution is 2.23. The van der Waals surface area contributed by atoms with Crippen LogP contribution in [0.2, 0.25) is 0 Å². The molecular formula is C18H36N4O2. The van der Waals surface area contributed by atoms with Gasteiger partial charge < -0.3 is 25.0 Å². The molecule has 0 aromatic carbocycles. The number of hydrogen-bond donors (Lipinski definition) is 2. The number of hydrogen-bond acceptors (Lipinski definition) is 4. The van der Waals surface area contributed by atoms with Crippen molar-refractivity contribution in [1.82, 2.24) is 15.5 Å². The fourth-order valence-corrected chi connectivity index (χ4v) is 3.64. The average molecular weight is 341 g/mol. The van der Waals surface area contributed by atoms with Crippen molar-refractivity contribution in [3.05, 3.63) is 0 Å². The van der Waals surface area contributed by atoms with E-state index in [1.165, 1.54) is 32.4 Å². The Balaban J connectivity index is 1.65. The van der Waals surface area contributed by atoms with Crippen molar-refractivity contribution in [2.24, 2.45) is 4.99 Å². The first-order chi connectivity index (χ1) is 11.7. The Morgan fingerprint density at radius 3 is 2.75 bits per heavy atom. The van der Waals surface area contributed by atoms with Gasteiger partial charge >= 0.3 is 0 Å². The molecule has 0 aromatic heterocycles. The van der Waals surface area contributed by atoms with Gasteiger partial charge in [-0.2, -0.15) is 0 Å². The first-order valence-corrected chi connectivity index (χ1v) is 9.50. The van der Waals surface area contributed by atoms with E-state index in [1.807, 2.05) is 7.05 Å². The second-order valence-electron chi connectivity index (χ2n) is 7.09. The Morgan fingerprint density at radius 2 is 2.08 bits per heavy atom. The molecule has 0 aromatic rings. The topological polar surface area (TPSA) is 58.1 Å². The van der Waals surface area contributed by atoms with Gasteiger partial charge in [-0.05, 0) is 32.7 Å². The van der Waals surface area contributed by atoms with Crippen molar-refractivity contribution in [1.29, 1.82) is 0 Å². The molecule has 2 rings (SSSR count). The lowest BCUT2D eigenvalue weighted by Gasteiger charge is -2.36. The fraction of sp³-hybridized carbons (Fsp3) is 0.944. The first kappa shape index (κ1) is 19.5. The van der Waals surface area contributed by atoms with Gasteiger partial charge in [-0.1, -0.05) is 6.42 Å². The smallest absolute Gasteiger partial charge is 0.191 e. The predicted octanol–water partition coefficient (Wildman–Crippen LogP) is 1.61. The number of guanidine groups is 1. The lowest BCUT2D eigenvalue weighted by Crippen LogP contribution is -2.51. The van der Waals surface area contributed by atoms with E-state index in [1.54, 1.807) is 7.11 Å². The van der Waals surface area contributed by atoms with Crippen LogP contribution >= 0.6 is 0 Å². The number of rotatable bonds is 7. The van der Waals surface area contributed by atoms with Crippen molar-refractivity contribution in [3.63, 3.8) is 0 Å². The summed E-state index contributed by atoms with van der Waals surface area (Å²) in [6, 6.07) is 0.742. The van der Waals surface area contributed by atoms with Crippen LogP contribution in [-0.4, -0.2) is 76.1 Å². The number of likely N-dealkylation sites (tertiary alicyclic amines) is 1. The lowest BCUT2D eigenvalue weighted by atomic mass is 9.94. The van der Waals surface area contributed by atoms with Crippen LogP contribution in [0.1, 0.15) is 45.4 Å². The van der Waals surface area contributed by atoms with E-state index in [0.29, 0.717) is 0 Å². The molecule has 2 heterocycles. The lowest BCUT2D eigenvalue weighted by molar-refractivity contribution is -0.0855. The van der Waals surface area contributed by atoms with Gasteiger partial charge in [0.25, 0.3) is 0 Å². The van der Waals surface area contributed by atoms with E-state index in [4.69, 9.17) is 9.47 Å². The quantitative estimate of drug-likeness (QED) is 0.419. The SMILES string of the molecule is CN=C(NCCCN1CCCCC1C)NCC1(OC)CCOCC1. The van der Waals surface area contributed by atoms with Crippen molar-refractivity contribution in [2.75, 3.05) is 53.6 Å². The third kappa shape index (κ3) is 5.90. The van der Waals surface area contributed by atoms with E-state index in [0.717, 1.165) is 57.6 Å². The highest BCUT2D eigenvalue weighted by atomic mass is 16.5. The summed E-state index contributed by atoms with van der Waals surface area (Å²) in [5.74, 6) is 0.865. The van der Waals surface area contributed by atoms with E-state index < -0.39 is 0 Å². The number of aliphatic imine (C=N–C) groups is 1. The minimum atomic E-state index is -0.126. The Morgan fingerprint density at radius 1 is 1.29 bits per heavy atom. The third-order valence-electron chi connectivity index (χ3n) is 5.49. The second-order valence-corrected chi connectivity index (χ2v) is 7.09. The summed E-state index contributed by atoms with van der Waals surface area (Å²) in [4.78, 5) is 6.95. The molecule has 2 fully saturated rings. The maximum Gasteiger partial charge on any atom is 0.191 e. The molecule has 140 valence electrons. The van der Waals surface area contributed by atoms with Gasteiger partial charge in [-0.25, -0.2) is 0 Å². The predicted molar refractivity (Wildman–Crippen MR) is 98.7 cm³/mol. The number of nitrogens with one attached hydrogen (secondary N) is 2. The zero-order valence-electron chi connectivity index (χ0n) is 15.8. The van der Waals surface area contributed by atoms with E-state index >= 15 is 0 Å². The second kappa shape index (κ2) is 10.2. The molecule has 0 bridgehead atoms. The van der Waals surface area contributed by atoms with Crippen molar-refractivity contribution < 1.29 is 9.47 Å². The molecule has 0 saturated carbocycles. The molecule has 0 spiro atoms. The zero-order chi connectivity index (χ0) is 17.3. The van der Waals surface area contributed by atoms with Gasteiger partial charge in [0, 0.05) is 65.9 Å². The summed E-state index contributed by atoms with van der Waals surface area (Å²) in [7, 11) is 3.62. The van der Waals surface area contributed by atoms with Crippen LogP contribution in [0.5, 0.6) is 0 Å². The average Bonchev–Trinajstić information content (AvgIpc) is 2.63. The standard InChI is InChI=1S/C18H36N4O2/c1-16-7-4-5-11-22(16)12-6-10-20-17(19-2)21-15-18(23-3)8-13-24-14-9-18/h16H,4-15H2,1-3H3,(H2,19,20,21). The fourth-order valence-electron chi connectivity index (χ4n) is 3.64. The van der Waals surface area contributed by atoms with Gasteiger partial charge in [-0.15, -0.1) is 0 Å². The molecule has 0 aliphatic carbocycles. The zero-order valence-corrected chi connectivity index (χ0v) is 15.8. The molecule has 2 saturated heterocycles. The van der Waals surface area contributed by atoms with Crippen LogP contribution in [0, 0.1) is 0 Å². The molecule has 0 amide bonds. The minimum Gasteiger partial charge on any atom is -0.381 e. The summed E-state index contributed by atoms with van der Waals surface area (Å²) in [6.45, 7) is 8.05. The minimum absolute atomic E-state index is 0.126. The Labute approximate surface area is 147 Å². The summed E-state index contributed by atoms with van der Waals surface area (Å²) >= 11 is 0. The molecule has 6 nitrogen and oxygen atoms in total. The largest absolute Gasteiger partial charge is 0.381 e. The van der Waals surface area contributed by atoms with Gasteiger partial charge in [0.05, 0.1) is 5.60 Å². The van der Waals surface area contributed by atoms with Crippen LogP contribution in [0.25, 0.3) is 0 Å². The van der Waals surface area contributed by atoms with Crippen molar-refractivity contribution in [2.45, 2.75) is 57.1 Å². The normalized spacial score (nSPS) is 25.5. The summed E-state index contributed by atoms with van der Waals surface area (Å²) in [6.07, 6.45) is 7.09. The van der Waals surface area contributed by atoms with Gasteiger partial charge in [0.15, 0.2) is 5.96 Å². The molecule has 6 heteroatoms. The van der Waals surface area contributed by atoms with Gasteiger partial charge in [-0.3, -0.25) is 4.99 Å². The van der Waals surface area contributed by atoms with E-state index in [9.17, 15) is 0 Å². The van der Waals surface area contributed by atoms with Crippen LogP contribution in [0.15, 0.2) is 4.99 Å². The third-order valence-corrected chi connectivity index (χ3v) is 5.49. The van der Waals surface area contributed by atoms with Crippen molar-refractivity contribution in [3.8, 4) is 0 Å². The van der Waals surface area contributed by atoms with E-state index in [-0.39, 0.29) is 5.60 Å². The highest BCUT2D eigenvalue weighted by molar-refractivity contribution is 5.79. The maximum atomic E-state index is 5.76. The van der Waals surface area contributed by atoms with Gasteiger partial charge in [0.2, 0.25) is 0 Å². The van der Waals surface area contributed by atoms with Crippen LogP contribution in [0.3, 0.4) is 0 Å². The monoisotopic (exact) mass is 340 g/mol. The molecule has 2 aliphatic heterocycles. The summed E-state index contributed by atoms with van der Waals surface area (Å²) < 4.78 is 11.2. The highest BCUT2D eigenvalue weighted by Gasteiger charge is 2.32. The number of methoxy groups -OCH3 is 1. The molecule has 1 unspecified atom stereocenters. The first-order valence-electron chi connectivity index (χ1n) is 9.50. The van der Waals surface area contributed by atoms with Gasteiger partial charge in [0.1, 0.15) is 0 Å². The molecule has 2 N–H and O–H groups in total. The van der Waals surface area contributed by atoms with Crippen LogP contribution < -0.4 is 10.6 Å². The number of piperidine rings is 1. The molecule has 0 radical (unpaired) electrons. The summed E-state index contributed by atoms with van der Waals surface area (Å²) in [5.41, 5.74) is -0.126. The number of nitrogens with zero attached hydrogens (tertiary/aromatic N) is 2. The van der Waals surface area contributed by atoms with E-state index in [2.05, 4.69) is 27.4 Å². The molecule has 24 heavy (non-hydrogen) atoms. The Hall–Kier alpha value is -0.850. The maximum absolute atomic E-state index is 5.76. The van der Waals surface area contributed by atoms with Crippen LogP contribution in [0.4, 0.5) is 0 Å². The van der Waals surface area contributed by atoms with Crippen molar-refractivity contribution >= 4 is 5.96 Å².